The molecule has 0 aliphatic rings. The van der Waals surface area contributed by atoms with E-state index in [0.717, 1.165) is 76.8 Å². The summed E-state index contributed by atoms with van der Waals surface area (Å²) >= 11 is 0. The van der Waals surface area contributed by atoms with Gasteiger partial charge >= 0.3 is 0 Å². The molecule has 3 heteroatoms. The van der Waals surface area contributed by atoms with Crippen LogP contribution in [0.1, 0.15) is 0 Å². The normalized spacial score (nSPS) is 12.2. The maximum absolute atomic E-state index is 6.50. The Morgan fingerprint density at radius 1 is 0.228 bits per heavy atom. The van der Waals surface area contributed by atoms with Gasteiger partial charge in [-0.1, -0.05) is 127 Å². The van der Waals surface area contributed by atoms with Crippen molar-refractivity contribution in [1.82, 2.24) is 0 Å². The van der Waals surface area contributed by atoms with Gasteiger partial charge in [0, 0.05) is 32.3 Å². The van der Waals surface area contributed by atoms with Crippen LogP contribution >= 0.6 is 0 Å². The molecule has 13 aromatic rings. The maximum atomic E-state index is 6.50. The van der Waals surface area contributed by atoms with Gasteiger partial charge in [-0.05, 0) is 120 Å². The summed E-state index contributed by atoms with van der Waals surface area (Å²) in [7, 11) is 0. The van der Waals surface area contributed by atoms with E-state index in [1.54, 1.807) is 0 Å². The Hall–Kier alpha value is -7.62. The Morgan fingerprint density at radius 2 is 0.684 bits per heavy atom. The van der Waals surface area contributed by atoms with Crippen LogP contribution in [-0.2, 0) is 0 Å². The predicted molar refractivity (Wildman–Crippen MR) is 237 cm³/mol. The molecule has 10 aromatic carbocycles. The zero-order chi connectivity index (χ0) is 37.2. The Bertz CT molecular complexity index is 3740. The molecule has 0 atom stereocenters. The van der Waals surface area contributed by atoms with Crippen LogP contribution in [-0.4, -0.2) is 0 Å². The fraction of sp³-hybridized carbons (Fsp3) is 0. The van der Waals surface area contributed by atoms with E-state index in [1.807, 2.05) is 30.3 Å². The van der Waals surface area contributed by atoms with Crippen LogP contribution in [0.5, 0.6) is 0 Å². The molecule has 264 valence electrons. The van der Waals surface area contributed by atoms with E-state index in [1.165, 1.54) is 54.7 Å². The van der Waals surface area contributed by atoms with E-state index in [9.17, 15) is 0 Å². The molecule has 0 radical (unpaired) electrons. The van der Waals surface area contributed by atoms with Crippen molar-refractivity contribution in [1.29, 1.82) is 0 Å². The quantitative estimate of drug-likeness (QED) is 0.170. The summed E-state index contributed by atoms with van der Waals surface area (Å²) in [6, 6.07) is 65.2. The molecule has 3 heterocycles. The molecule has 3 aromatic heterocycles. The third-order valence-corrected chi connectivity index (χ3v) is 12.0. The van der Waals surface area contributed by atoms with Crippen LogP contribution in [0.25, 0.3) is 132 Å². The highest BCUT2D eigenvalue weighted by atomic mass is 16.4. The first-order chi connectivity index (χ1) is 28.2. The van der Waals surface area contributed by atoms with Gasteiger partial charge in [-0.2, -0.15) is 0 Å². The summed E-state index contributed by atoms with van der Waals surface area (Å²) < 4.78 is 19.2. The second kappa shape index (κ2) is 11.5. The highest BCUT2D eigenvalue weighted by Gasteiger charge is 2.19. The molecule has 13 rings (SSSR count). The third kappa shape index (κ3) is 4.42. The zero-order valence-corrected chi connectivity index (χ0v) is 30.5. The molecule has 0 saturated heterocycles. The van der Waals surface area contributed by atoms with Gasteiger partial charge in [0.1, 0.15) is 22.3 Å². The van der Waals surface area contributed by atoms with Gasteiger partial charge in [0.25, 0.3) is 0 Å². The van der Waals surface area contributed by atoms with E-state index in [4.69, 9.17) is 13.3 Å². The van der Waals surface area contributed by atoms with Crippen molar-refractivity contribution in [3.8, 4) is 33.4 Å². The Labute approximate surface area is 325 Å². The summed E-state index contributed by atoms with van der Waals surface area (Å²) in [6.07, 6.45) is 0. The molecule has 0 amide bonds. The minimum atomic E-state index is 0.796. The molecule has 57 heavy (non-hydrogen) atoms. The minimum absolute atomic E-state index is 0.796. The molecule has 0 spiro atoms. The molecule has 0 aliphatic heterocycles. The molecule has 0 aliphatic carbocycles. The van der Waals surface area contributed by atoms with Gasteiger partial charge in [0.05, 0.1) is 0 Å². The summed E-state index contributed by atoms with van der Waals surface area (Å²) in [5.41, 5.74) is 12.3. The number of hydrogen-bond acceptors (Lipinski definition) is 3. The largest absolute Gasteiger partial charge is 0.456 e. The topological polar surface area (TPSA) is 39.4 Å². The lowest BCUT2D eigenvalue weighted by Gasteiger charge is -2.18. The van der Waals surface area contributed by atoms with E-state index in [2.05, 4.69) is 152 Å². The predicted octanol–water partition coefficient (Wildman–Crippen LogP) is 15.8. The maximum Gasteiger partial charge on any atom is 0.178 e. The summed E-state index contributed by atoms with van der Waals surface area (Å²) in [5, 5.41) is 13.8. The number of rotatable bonds is 3. The number of benzene rings is 10. The molecule has 0 fully saturated rings. The average Bonchev–Trinajstić information content (AvgIpc) is 3.95. The fourth-order valence-corrected chi connectivity index (χ4v) is 9.40. The number of para-hydroxylation sites is 2. The molecule has 0 N–H and O–H groups in total. The monoisotopic (exact) mass is 726 g/mol. The first-order valence-electron chi connectivity index (χ1n) is 19.4. The molecule has 0 unspecified atom stereocenters. The molecular formula is C54H30O3. The van der Waals surface area contributed by atoms with E-state index >= 15 is 0 Å². The lowest BCUT2D eigenvalue weighted by molar-refractivity contribution is 0.633. The van der Waals surface area contributed by atoms with Gasteiger partial charge in [-0.3, -0.25) is 0 Å². The summed E-state index contributed by atoms with van der Waals surface area (Å²) in [5.74, 6) is 0. The van der Waals surface area contributed by atoms with Gasteiger partial charge in [-0.25, -0.2) is 0 Å². The summed E-state index contributed by atoms with van der Waals surface area (Å²) in [4.78, 5) is 0. The van der Waals surface area contributed by atoms with Crippen molar-refractivity contribution in [2.24, 2.45) is 0 Å². The SMILES string of the molecule is c1ccc2c(c1)oc1cc(-c3c4ccccc4c(-c4ccc(-c5ccc6cc7oc8c(ccc9c%10ccccc%10oc98)c7cc6c5)cc4)c4ccccc34)ccc12. The van der Waals surface area contributed by atoms with Gasteiger partial charge in [-0.15, -0.1) is 0 Å². The van der Waals surface area contributed by atoms with Crippen LogP contribution in [0, 0.1) is 0 Å². The highest BCUT2D eigenvalue weighted by molar-refractivity contribution is 6.23. The lowest BCUT2D eigenvalue weighted by atomic mass is 9.85. The van der Waals surface area contributed by atoms with Gasteiger partial charge in [0.15, 0.2) is 11.2 Å². The van der Waals surface area contributed by atoms with Crippen LogP contribution in [0.2, 0.25) is 0 Å². The van der Waals surface area contributed by atoms with Gasteiger partial charge < -0.3 is 13.3 Å². The van der Waals surface area contributed by atoms with E-state index in [0.29, 0.717) is 0 Å². The molecule has 3 nitrogen and oxygen atoms in total. The first kappa shape index (κ1) is 30.7. The van der Waals surface area contributed by atoms with Crippen LogP contribution in [0.15, 0.2) is 195 Å². The second-order valence-corrected chi connectivity index (χ2v) is 15.2. The van der Waals surface area contributed by atoms with E-state index in [-0.39, 0.29) is 0 Å². The molecular weight excluding hydrogens is 697 g/mol. The number of hydrogen-bond donors (Lipinski definition) is 0. The van der Waals surface area contributed by atoms with Crippen molar-refractivity contribution in [3.05, 3.63) is 182 Å². The Balaban J connectivity index is 0.924. The van der Waals surface area contributed by atoms with Crippen LogP contribution in [0.3, 0.4) is 0 Å². The van der Waals surface area contributed by atoms with Crippen LogP contribution in [0.4, 0.5) is 0 Å². The van der Waals surface area contributed by atoms with Gasteiger partial charge in [0.2, 0.25) is 0 Å². The van der Waals surface area contributed by atoms with Crippen molar-refractivity contribution in [3.63, 3.8) is 0 Å². The van der Waals surface area contributed by atoms with Crippen molar-refractivity contribution in [2.45, 2.75) is 0 Å². The number of fused-ring (bicyclic) bond motifs is 13. The summed E-state index contributed by atoms with van der Waals surface area (Å²) in [6.45, 7) is 0. The number of furan rings is 3. The third-order valence-electron chi connectivity index (χ3n) is 12.0. The first-order valence-corrected chi connectivity index (χ1v) is 19.4. The van der Waals surface area contributed by atoms with Crippen LogP contribution < -0.4 is 0 Å². The molecule has 0 bridgehead atoms. The highest BCUT2D eigenvalue weighted by Crippen LogP contribution is 2.45. The second-order valence-electron chi connectivity index (χ2n) is 15.2. The Kier molecular flexibility index (Phi) is 6.16. The standard InChI is InChI=1S/C54H30O3/c1-3-13-42-40(11-1)51(41-12-2-4-14-43(41)52(42)35-23-24-39-37-9-5-7-15-47(37)55-49(39)30-35)32-19-17-31(18-20-32)33-21-22-34-29-50-46(28-36(34)27-33)45-26-25-44-38-10-6-8-16-48(38)56-53(44)54(45)57-50/h1-30H. The van der Waals surface area contributed by atoms with E-state index < -0.39 is 0 Å². The zero-order valence-electron chi connectivity index (χ0n) is 30.5. The minimum Gasteiger partial charge on any atom is -0.456 e. The average molecular weight is 727 g/mol. The van der Waals surface area contributed by atoms with Crippen molar-refractivity contribution >= 4 is 98.1 Å². The van der Waals surface area contributed by atoms with Crippen molar-refractivity contribution in [2.75, 3.05) is 0 Å². The lowest BCUT2D eigenvalue weighted by Crippen LogP contribution is -1.91. The fourth-order valence-electron chi connectivity index (χ4n) is 9.40. The smallest absolute Gasteiger partial charge is 0.178 e. The Morgan fingerprint density at radius 3 is 1.37 bits per heavy atom. The van der Waals surface area contributed by atoms with Crippen molar-refractivity contribution < 1.29 is 13.3 Å². The molecule has 0 saturated carbocycles.